The summed E-state index contributed by atoms with van der Waals surface area (Å²) < 4.78 is 1.52. The van der Waals surface area contributed by atoms with Crippen LogP contribution < -0.4 is 11.1 Å². The van der Waals surface area contributed by atoms with E-state index in [0.29, 0.717) is 11.9 Å². The van der Waals surface area contributed by atoms with Crippen molar-refractivity contribution in [3.8, 4) is 5.95 Å². The van der Waals surface area contributed by atoms with E-state index in [0.717, 1.165) is 63.4 Å². The van der Waals surface area contributed by atoms with Gasteiger partial charge in [0.25, 0.3) is 5.95 Å². The zero-order valence-electron chi connectivity index (χ0n) is 19.4. The molecule has 0 saturated carbocycles. The molecule has 9 heteroatoms. The molecule has 1 aliphatic carbocycles. The van der Waals surface area contributed by atoms with E-state index in [-0.39, 0.29) is 5.95 Å². The molecule has 3 heterocycles. The number of aromatic nitrogens is 5. The second-order valence-corrected chi connectivity index (χ2v) is 9.16. The molecule has 0 unspecified atom stereocenters. The highest BCUT2D eigenvalue weighted by molar-refractivity contribution is 5.54. The molecule has 3 N–H and O–H groups in total. The zero-order valence-corrected chi connectivity index (χ0v) is 19.4. The van der Waals surface area contributed by atoms with E-state index in [9.17, 15) is 0 Å². The molecular weight excluding hydrogens is 414 g/mol. The number of likely N-dealkylation sites (N-methyl/N-ethyl adjacent to an activating group) is 1. The number of nitrogens with two attached hydrogens (primary N) is 1. The first-order valence-corrected chi connectivity index (χ1v) is 12.0. The summed E-state index contributed by atoms with van der Waals surface area (Å²) in [5.41, 5.74) is 10.7. The van der Waals surface area contributed by atoms with Crippen molar-refractivity contribution in [1.82, 2.24) is 34.5 Å². The van der Waals surface area contributed by atoms with Crippen LogP contribution in [0.2, 0.25) is 0 Å². The van der Waals surface area contributed by atoms with Crippen LogP contribution in [-0.4, -0.2) is 67.8 Å². The molecule has 1 saturated heterocycles. The maximum absolute atomic E-state index is 6.16. The van der Waals surface area contributed by atoms with E-state index in [1.54, 1.807) is 0 Å². The number of fused-ring (bicyclic) bond motifs is 1. The average Bonchev–Trinajstić information content (AvgIpc) is 3.17. The Hall–Kier alpha value is -3.04. The summed E-state index contributed by atoms with van der Waals surface area (Å²) in [5, 5.41) is 7.77. The van der Waals surface area contributed by atoms with Crippen LogP contribution in [0.4, 0.5) is 17.6 Å². The SMILES string of the molecule is CN1CCN(Cc2ccc(Nc3nc(N)n(-c4ncc5c(n4)CCCCCC5)n3)cc2)CC1. The summed E-state index contributed by atoms with van der Waals surface area (Å²) in [7, 11) is 2.18. The van der Waals surface area contributed by atoms with Crippen LogP contribution >= 0.6 is 0 Å². The van der Waals surface area contributed by atoms with Gasteiger partial charge in [-0.3, -0.25) is 4.90 Å². The van der Waals surface area contributed by atoms with Crippen LogP contribution in [0.15, 0.2) is 30.5 Å². The van der Waals surface area contributed by atoms with Crippen molar-refractivity contribution >= 4 is 17.6 Å². The van der Waals surface area contributed by atoms with Gasteiger partial charge in [-0.1, -0.05) is 25.0 Å². The van der Waals surface area contributed by atoms with Gasteiger partial charge in [0.1, 0.15) is 0 Å². The van der Waals surface area contributed by atoms with Gasteiger partial charge in [-0.15, -0.1) is 5.10 Å². The molecule has 3 aromatic rings. The van der Waals surface area contributed by atoms with Gasteiger partial charge in [0.15, 0.2) is 0 Å². The first-order chi connectivity index (χ1) is 16.1. The number of aryl methyl sites for hydroxylation is 2. The number of piperazine rings is 1. The van der Waals surface area contributed by atoms with Crippen molar-refractivity contribution in [2.24, 2.45) is 0 Å². The van der Waals surface area contributed by atoms with E-state index in [1.807, 2.05) is 6.20 Å². The number of nitrogens with one attached hydrogen (secondary N) is 1. The fourth-order valence-corrected chi connectivity index (χ4v) is 4.53. The van der Waals surface area contributed by atoms with Crippen LogP contribution in [0.5, 0.6) is 0 Å². The molecule has 0 radical (unpaired) electrons. The predicted octanol–water partition coefficient (Wildman–Crippen LogP) is 2.79. The number of benzene rings is 1. The Bertz CT molecular complexity index is 1070. The number of rotatable bonds is 5. The van der Waals surface area contributed by atoms with Crippen molar-refractivity contribution in [3.63, 3.8) is 0 Å². The third kappa shape index (κ3) is 5.31. The second kappa shape index (κ2) is 9.84. The maximum Gasteiger partial charge on any atom is 0.254 e. The predicted molar refractivity (Wildman–Crippen MR) is 130 cm³/mol. The lowest BCUT2D eigenvalue weighted by molar-refractivity contribution is 0.148. The monoisotopic (exact) mass is 447 g/mol. The Morgan fingerprint density at radius 1 is 0.939 bits per heavy atom. The first kappa shape index (κ1) is 21.8. The van der Waals surface area contributed by atoms with E-state index in [1.165, 1.54) is 35.1 Å². The van der Waals surface area contributed by atoms with Crippen molar-refractivity contribution < 1.29 is 0 Å². The van der Waals surface area contributed by atoms with E-state index in [2.05, 4.69) is 61.5 Å². The quantitative estimate of drug-likeness (QED) is 0.616. The van der Waals surface area contributed by atoms with Gasteiger partial charge < -0.3 is 16.0 Å². The topological polar surface area (TPSA) is 101 Å². The van der Waals surface area contributed by atoms with Crippen molar-refractivity contribution in [2.45, 2.75) is 45.1 Å². The Balaban J connectivity index is 1.26. The molecule has 0 atom stereocenters. The Morgan fingerprint density at radius 2 is 1.70 bits per heavy atom. The highest BCUT2D eigenvalue weighted by atomic mass is 15.5. The molecule has 5 rings (SSSR count). The molecule has 174 valence electrons. The fraction of sp³-hybridized carbons (Fsp3) is 0.500. The Morgan fingerprint density at radius 3 is 2.48 bits per heavy atom. The fourth-order valence-electron chi connectivity index (χ4n) is 4.53. The summed E-state index contributed by atoms with van der Waals surface area (Å²) in [6.07, 6.45) is 8.84. The molecular formula is C24H33N9. The van der Waals surface area contributed by atoms with Gasteiger partial charge in [-0.05, 0) is 56.0 Å². The Kier molecular flexibility index (Phi) is 6.50. The van der Waals surface area contributed by atoms with Gasteiger partial charge >= 0.3 is 0 Å². The van der Waals surface area contributed by atoms with Crippen LogP contribution in [0.3, 0.4) is 0 Å². The molecule has 0 bridgehead atoms. The smallest absolute Gasteiger partial charge is 0.254 e. The standard InChI is InChI=1S/C24H33N9/c1-31-12-14-32(15-13-31)17-18-8-10-20(11-9-18)27-23-29-22(25)33(30-23)24-26-16-19-6-4-2-3-5-7-21(19)28-24/h8-11,16H,2-7,12-15,17H2,1H3,(H3,25,27,29,30). The lowest BCUT2D eigenvalue weighted by Gasteiger charge is -2.32. The van der Waals surface area contributed by atoms with E-state index < -0.39 is 0 Å². The lowest BCUT2D eigenvalue weighted by Crippen LogP contribution is -2.43. The van der Waals surface area contributed by atoms with Gasteiger partial charge in [0.2, 0.25) is 11.9 Å². The molecule has 33 heavy (non-hydrogen) atoms. The van der Waals surface area contributed by atoms with Crippen molar-refractivity contribution in [2.75, 3.05) is 44.3 Å². The molecule has 1 aromatic carbocycles. The molecule has 1 aliphatic heterocycles. The molecule has 0 spiro atoms. The summed E-state index contributed by atoms with van der Waals surface area (Å²) in [5.74, 6) is 1.19. The van der Waals surface area contributed by atoms with Crippen LogP contribution in [0.25, 0.3) is 5.95 Å². The molecule has 9 nitrogen and oxygen atoms in total. The minimum atomic E-state index is 0.273. The van der Waals surface area contributed by atoms with Crippen LogP contribution in [0, 0.1) is 0 Å². The summed E-state index contributed by atoms with van der Waals surface area (Å²) >= 11 is 0. The minimum Gasteiger partial charge on any atom is -0.368 e. The van der Waals surface area contributed by atoms with Gasteiger partial charge in [0, 0.05) is 50.3 Å². The number of nitrogens with zero attached hydrogens (tertiary/aromatic N) is 7. The van der Waals surface area contributed by atoms with Gasteiger partial charge in [0.05, 0.1) is 0 Å². The number of nitrogen functional groups attached to an aromatic ring is 1. The summed E-state index contributed by atoms with van der Waals surface area (Å²) in [6.45, 7) is 5.46. The molecule has 1 fully saturated rings. The largest absolute Gasteiger partial charge is 0.368 e. The lowest BCUT2D eigenvalue weighted by atomic mass is 9.98. The highest BCUT2D eigenvalue weighted by Gasteiger charge is 2.16. The highest BCUT2D eigenvalue weighted by Crippen LogP contribution is 2.21. The van der Waals surface area contributed by atoms with E-state index >= 15 is 0 Å². The van der Waals surface area contributed by atoms with Crippen molar-refractivity contribution in [3.05, 3.63) is 47.3 Å². The van der Waals surface area contributed by atoms with Crippen LogP contribution in [0.1, 0.15) is 42.5 Å². The van der Waals surface area contributed by atoms with Crippen LogP contribution in [-0.2, 0) is 19.4 Å². The number of hydrogen-bond acceptors (Lipinski definition) is 8. The summed E-state index contributed by atoms with van der Waals surface area (Å²) in [6, 6.07) is 8.42. The van der Waals surface area contributed by atoms with Gasteiger partial charge in [-0.2, -0.15) is 9.67 Å². The third-order valence-electron chi connectivity index (χ3n) is 6.58. The average molecular weight is 448 g/mol. The number of anilines is 3. The Labute approximate surface area is 195 Å². The first-order valence-electron chi connectivity index (χ1n) is 12.0. The zero-order chi connectivity index (χ0) is 22.6. The third-order valence-corrected chi connectivity index (χ3v) is 6.58. The normalized spacial score (nSPS) is 17.8. The summed E-state index contributed by atoms with van der Waals surface area (Å²) in [4.78, 5) is 18.5. The molecule has 2 aromatic heterocycles. The molecule has 0 amide bonds. The van der Waals surface area contributed by atoms with Gasteiger partial charge in [-0.25, -0.2) is 9.97 Å². The molecule has 2 aliphatic rings. The maximum atomic E-state index is 6.16. The van der Waals surface area contributed by atoms with E-state index in [4.69, 9.17) is 10.7 Å². The minimum absolute atomic E-state index is 0.273. The second-order valence-electron chi connectivity index (χ2n) is 9.16. The number of hydrogen-bond donors (Lipinski definition) is 2. The van der Waals surface area contributed by atoms with Crippen molar-refractivity contribution in [1.29, 1.82) is 0 Å².